The molecule has 1 saturated heterocycles. The van der Waals surface area contributed by atoms with Crippen LogP contribution < -0.4 is 0 Å². The van der Waals surface area contributed by atoms with Crippen molar-refractivity contribution >= 4 is 29.1 Å². The molecule has 0 radical (unpaired) electrons. The van der Waals surface area contributed by atoms with E-state index in [0.717, 1.165) is 22.9 Å². The molecule has 0 bridgehead atoms. The molecule has 2 aromatic rings. The molecule has 0 aromatic carbocycles. The van der Waals surface area contributed by atoms with Crippen LogP contribution in [0.4, 0.5) is 0 Å². The molecule has 2 aromatic heterocycles. The van der Waals surface area contributed by atoms with Gasteiger partial charge < -0.3 is 9.26 Å². The fraction of sp³-hybridized carbons (Fsp3) is 0.500. The predicted octanol–water partition coefficient (Wildman–Crippen LogP) is 2.28. The Morgan fingerprint density at radius 1 is 1.59 bits per heavy atom. The molecule has 0 amide bonds. The summed E-state index contributed by atoms with van der Waals surface area (Å²) < 4.78 is 10.5. The standard InChI is InChI=1S/C14H17N3O3S2/c1-2-19-14(18)10-9-21-7-5-17(10)8-12-15-13(16-20-12)11-4-3-6-22-11/h3-4,6,10H,2,5,7-9H2,1H3. The molecule has 0 N–H and O–H groups in total. The van der Waals surface area contributed by atoms with Gasteiger partial charge in [0.15, 0.2) is 0 Å². The van der Waals surface area contributed by atoms with Gasteiger partial charge in [-0.3, -0.25) is 9.69 Å². The van der Waals surface area contributed by atoms with Gasteiger partial charge >= 0.3 is 5.97 Å². The molecular formula is C14H17N3O3S2. The predicted molar refractivity (Wildman–Crippen MR) is 85.8 cm³/mol. The SMILES string of the molecule is CCOC(=O)C1CSCCN1Cc1nc(-c2cccs2)no1. The Kier molecular flexibility index (Phi) is 5.12. The summed E-state index contributed by atoms with van der Waals surface area (Å²) in [5.74, 6) is 2.69. The maximum Gasteiger partial charge on any atom is 0.324 e. The van der Waals surface area contributed by atoms with Crippen LogP contribution in [0.5, 0.6) is 0 Å². The molecule has 1 unspecified atom stereocenters. The maximum atomic E-state index is 12.0. The highest BCUT2D eigenvalue weighted by atomic mass is 32.2. The van der Waals surface area contributed by atoms with E-state index in [1.807, 2.05) is 24.4 Å². The zero-order chi connectivity index (χ0) is 15.4. The molecule has 6 nitrogen and oxygen atoms in total. The topological polar surface area (TPSA) is 68.5 Å². The first kappa shape index (κ1) is 15.5. The van der Waals surface area contributed by atoms with Crippen LogP contribution in [0.15, 0.2) is 22.0 Å². The lowest BCUT2D eigenvalue weighted by Crippen LogP contribution is -2.47. The van der Waals surface area contributed by atoms with E-state index in [2.05, 4.69) is 15.0 Å². The third-order valence-electron chi connectivity index (χ3n) is 3.35. The summed E-state index contributed by atoms with van der Waals surface area (Å²) in [6, 6.07) is 3.67. The zero-order valence-corrected chi connectivity index (χ0v) is 13.9. The first-order chi connectivity index (χ1) is 10.8. The average Bonchev–Trinajstić information content (AvgIpc) is 3.19. The first-order valence-electron chi connectivity index (χ1n) is 7.13. The molecule has 8 heteroatoms. The fourth-order valence-electron chi connectivity index (χ4n) is 2.28. The van der Waals surface area contributed by atoms with Crippen molar-refractivity contribution in [2.45, 2.75) is 19.5 Å². The van der Waals surface area contributed by atoms with E-state index < -0.39 is 0 Å². The third kappa shape index (κ3) is 3.50. The number of carbonyl (C=O) groups is 1. The number of ether oxygens (including phenoxy) is 1. The van der Waals surface area contributed by atoms with Crippen LogP contribution in [0.25, 0.3) is 10.7 Å². The van der Waals surface area contributed by atoms with Gasteiger partial charge in [0.1, 0.15) is 6.04 Å². The molecule has 0 spiro atoms. The maximum absolute atomic E-state index is 12.0. The normalized spacial score (nSPS) is 19.2. The summed E-state index contributed by atoms with van der Waals surface area (Å²) in [4.78, 5) is 19.5. The summed E-state index contributed by atoms with van der Waals surface area (Å²) in [6.07, 6.45) is 0. The lowest BCUT2D eigenvalue weighted by molar-refractivity contribution is -0.149. The van der Waals surface area contributed by atoms with Crippen LogP contribution >= 0.6 is 23.1 Å². The summed E-state index contributed by atoms with van der Waals surface area (Å²) in [5.41, 5.74) is 0. The van der Waals surface area contributed by atoms with Gasteiger partial charge in [-0.15, -0.1) is 11.3 Å². The molecule has 22 heavy (non-hydrogen) atoms. The van der Waals surface area contributed by atoms with E-state index in [-0.39, 0.29) is 12.0 Å². The number of rotatable bonds is 5. The van der Waals surface area contributed by atoms with Crippen molar-refractivity contribution in [3.63, 3.8) is 0 Å². The Labute approximate surface area is 136 Å². The number of esters is 1. The van der Waals surface area contributed by atoms with Crippen LogP contribution in [0.3, 0.4) is 0 Å². The largest absolute Gasteiger partial charge is 0.465 e. The summed E-state index contributed by atoms with van der Waals surface area (Å²) >= 11 is 3.34. The highest BCUT2D eigenvalue weighted by molar-refractivity contribution is 7.99. The van der Waals surface area contributed by atoms with Crippen molar-refractivity contribution < 1.29 is 14.1 Å². The number of nitrogens with zero attached hydrogens (tertiary/aromatic N) is 3. The van der Waals surface area contributed by atoms with E-state index in [4.69, 9.17) is 9.26 Å². The van der Waals surface area contributed by atoms with Crippen molar-refractivity contribution in [3.8, 4) is 10.7 Å². The highest BCUT2D eigenvalue weighted by Gasteiger charge is 2.31. The van der Waals surface area contributed by atoms with Crippen molar-refractivity contribution in [1.82, 2.24) is 15.0 Å². The molecule has 1 aliphatic heterocycles. The lowest BCUT2D eigenvalue weighted by atomic mass is 10.2. The van der Waals surface area contributed by atoms with Crippen LogP contribution in [-0.2, 0) is 16.1 Å². The molecule has 0 aliphatic carbocycles. The van der Waals surface area contributed by atoms with Crippen molar-refractivity contribution in [2.75, 3.05) is 24.7 Å². The number of aromatic nitrogens is 2. The van der Waals surface area contributed by atoms with Crippen LogP contribution in [0.1, 0.15) is 12.8 Å². The summed E-state index contributed by atoms with van der Waals surface area (Å²) in [6.45, 7) is 3.51. The number of hydrogen-bond donors (Lipinski definition) is 0. The van der Waals surface area contributed by atoms with Gasteiger partial charge in [-0.2, -0.15) is 16.7 Å². The average molecular weight is 339 g/mol. The van der Waals surface area contributed by atoms with Crippen molar-refractivity contribution in [1.29, 1.82) is 0 Å². The minimum absolute atomic E-state index is 0.173. The Bertz CT molecular complexity index is 615. The molecule has 1 fully saturated rings. The molecule has 1 atom stereocenters. The monoisotopic (exact) mass is 339 g/mol. The number of thioether (sulfide) groups is 1. The van der Waals surface area contributed by atoms with Crippen LogP contribution in [0, 0.1) is 0 Å². The van der Waals surface area contributed by atoms with Gasteiger partial charge in [0.25, 0.3) is 0 Å². The van der Waals surface area contributed by atoms with E-state index in [9.17, 15) is 4.79 Å². The van der Waals surface area contributed by atoms with Gasteiger partial charge in [-0.25, -0.2) is 0 Å². The number of carbonyl (C=O) groups excluding carboxylic acids is 1. The molecule has 3 rings (SSSR count). The third-order valence-corrected chi connectivity index (χ3v) is 5.23. The van der Waals surface area contributed by atoms with Gasteiger partial charge in [-0.05, 0) is 18.4 Å². The second-order valence-electron chi connectivity index (χ2n) is 4.80. The summed E-state index contributed by atoms with van der Waals surface area (Å²) in [7, 11) is 0. The van der Waals surface area contributed by atoms with Gasteiger partial charge in [0, 0.05) is 18.1 Å². The molecule has 1 aliphatic rings. The number of thiophene rings is 1. The lowest BCUT2D eigenvalue weighted by Gasteiger charge is -2.32. The summed E-state index contributed by atoms with van der Waals surface area (Å²) in [5, 5.41) is 5.98. The number of hydrogen-bond acceptors (Lipinski definition) is 8. The Morgan fingerprint density at radius 3 is 3.27 bits per heavy atom. The first-order valence-corrected chi connectivity index (χ1v) is 9.16. The van der Waals surface area contributed by atoms with E-state index >= 15 is 0 Å². The van der Waals surface area contributed by atoms with Crippen molar-refractivity contribution in [2.24, 2.45) is 0 Å². The van der Waals surface area contributed by atoms with Gasteiger partial charge in [0.05, 0.1) is 18.0 Å². The highest BCUT2D eigenvalue weighted by Crippen LogP contribution is 2.23. The second kappa shape index (κ2) is 7.26. The molecular weight excluding hydrogens is 322 g/mol. The Balaban J connectivity index is 1.69. The zero-order valence-electron chi connectivity index (χ0n) is 12.2. The fourth-order valence-corrected chi connectivity index (χ4v) is 4.03. The minimum Gasteiger partial charge on any atom is -0.465 e. The quantitative estimate of drug-likeness (QED) is 0.774. The Hall–Kier alpha value is -1.38. The van der Waals surface area contributed by atoms with Crippen LogP contribution in [0.2, 0.25) is 0 Å². The van der Waals surface area contributed by atoms with Gasteiger partial charge in [-0.1, -0.05) is 11.2 Å². The molecule has 0 saturated carbocycles. The van der Waals surface area contributed by atoms with E-state index in [0.29, 0.717) is 24.9 Å². The molecule has 118 valence electrons. The van der Waals surface area contributed by atoms with E-state index in [1.54, 1.807) is 23.1 Å². The Morgan fingerprint density at radius 2 is 2.50 bits per heavy atom. The molecule has 3 heterocycles. The van der Waals surface area contributed by atoms with Crippen LogP contribution in [-0.4, -0.2) is 51.7 Å². The van der Waals surface area contributed by atoms with Crippen molar-refractivity contribution in [3.05, 3.63) is 23.4 Å². The van der Waals surface area contributed by atoms with E-state index in [1.165, 1.54) is 0 Å². The smallest absolute Gasteiger partial charge is 0.324 e. The van der Waals surface area contributed by atoms with Gasteiger partial charge in [0.2, 0.25) is 11.7 Å². The minimum atomic E-state index is -0.240. The second-order valence-corrected chi connectivity index (χ2v) is 6.90.